The summed E-state index contributed by atoms with van der Waals surface area (Å²) >= 11 is 0. The highest BCUT2D eigenvalue weighted by atomic mass is 32.2. The SMILES string of the molecule is COCCCNS(=O)(=O)C1CON(C)C1c1ccc(OC)c(OCc2ccccc2)c1. The van der Waals surface area contributed by atoms with Gasteiger partial charge < -0.3 is 14.2 Å². The van der Waals surface area contributed by atoms with Gasteiger partial charge in [-0.3, -0.25) is 4.84 Å². The molecule has 0 radical (unpaired) electrons. The maximum absolute atomic E-state index is 12.9. The molecule has 2 atom stereocenters. The van der Waals surface area contributed by atoms with Gasteiger partial charge in [0.05, 0.1) is 19.8 Å². The molecule has 170 valence electrons. The molecule has 1 saturated heterocycles. The lowest BCUT2D eigenvalue weighted by Gasteiger charge is -2.24. The van der Waals surface area contributed by atoms with E-state index >= 15 is 0 Å². The van der Waals surface area contributed by atoms with Crippen LogP contribution in [0, 0.1) is 0 Å². The molecule has 2 aromatic carbocycles. The Hall–Kier alpha value is -2.17. The molecule has 31 heavy (non-hydrogen) atoms. The molecule has 8 nitrogen and oxygen atoms in total. The summed E-state index contributed by atoms with van der Waals surface area (Å²) in [7, 11) is 1.30. The van der Waals surface area contributed by atoms with Crippen molar-refractivity contribution in [3.05, 3.63) is 59.7 Å². The number of sulfonamides is 1. The molecule has 3 rings (SSSR count). The smallest absolute Gasteiger partial charge is 0.218 e. The van der Waals surface area contributed by atoms with E-state index in [9.17, 15) is 8.42 Å². The largest absolute Gasteiger partial charge is 0.493 e. The van der Waals surface area contributed by atoms with Crippen molar-refractivity contribution in [3.8, 4) is 11.5 Å². The zero-order chi connectivity index (χ0) is 22.3. The van der Waals surface area contributed by atoms with Gasteiger partial charge in [0.15, 0.2) is 11.5 Å². The second kappa shape index (κ2) is 10.9. The van der Waals surface area contributed by atoms with Crippen LogP contribution in [0.15, 0.2) is 48.5 Å². The predicted molar refractivity (Wildman–Crippen MR) is 117 cm³/mol. The number of benzene rings is 2. The number of nitrogens with one attached hydrogen (secondary N) is 1. The number of methoxy groups -OCH3 is 2. The summed E-state index contributed by atoms with van der Waals surface area (Å²) in [6.45, 7) is 1.26. The molecule has 9 heteroatoms. The number of rotatable bonds is 11. The fourth-order valence-electron chi connectivity index (χ4n) is 3.54. The van der Waals surface area contributed by atoms with Crippen LogP contribution in [0.1, 0.15) is 23.6 Å². The lowest BCUT2D eigenvalue weighted by molar-refractivity contribution is -0.110. The van der Waals surface area contributed by atoms with Crippen molar-refractivity contribution >= 4 is 10.0 Å². The number of nitrogens with zero attached hydrogens (tertiary/aromatic N) is 1. The van der Waals surface area contributed by atoms with Crippen LogP contribution in [-0.2, 0) is 26.2 Å². The second-order valence-corrected chi connectivity index (χ2v) is 9.28. The first-order valence-corrected chi connectivity index (χ1v) is 11.7. The maximum atomic E-state index is 12.9. The average Bonchev–Trinajstić information content (AvgIpc) is 3.18. The van der Waals surface area contributed by atoms with Gasteiger partial charge in [0.2, 0.25) is 10.0 Å². The van der Waals surface area contributed by atoms with E-state index in [1.807, 2.05) is 42.5 Å². The summed E-state index contributed by atoms with van der Waals surface area (Å²) in [5.41, 5.74) is 1.80. The summed E-state index contributed by atoms with van der Waals surface area (Å²) < 4.78 is 44.9. The van der Waals surface area contributed by atoms with E-state index in [2.05, 4.69) is 4.72 Å². The number of hydrogen-bond acceptors (Lipinski definition) is 7. The third-order valence-electron chi connectivity index (χ3n) is 5.18. The normalized spacial score (nSPS) is 19.5. The molecule has 1 aliphatic heterocycles. The molecule has 2 aromatic rings. The highest BCUT2D eigenvalue weighted by molar-refractivity contribution is 7.90. The number of hydroxylamine groups is 2. The first kappa shape index (κ1) is 23.5. The van der Waals surface area contributed by atoms with Gasteiger partial charge in [0.25, 0.3) is 0 Å². The minimum Gasteiger partial charge on any atom is -0.493 e. The topological polar surface area (TPSA) is 86.3 Å². The third kappa shape index (κ3) is 5.96. The lowest BCUT2D eigenvalue weighted by atomic mass is 10.0. The summed E-state index contributed by atoms with van der Waals surface area (Å²) in [6, 6.07) is 14.8. The van der Waals surface area contributed by atoms with Crippen LogP contribution in [-0.4, -0.2) is 59.8 Å². The Bertz CT molecular complexity index is 938. The van der Waals surface area contributed by atoms with E-state index in [0.717, 1.165) is 11.1 Å². The first-order valence-electron chi connectivity index (χ1n) is 10.1. The van der Waals surface area contributed by atoms with E-state index < -0.39 is 21.3 Å². The van der Waals surface area contributed by atoms with Gasteiger partial charge >= 0.3 is 0 Å². The van der Waals surface area contributed by atoms with Gasteiger partial charge in [-0.25, -0.2) is 13.1 Å². The zero-order valence-electron chi connectivity index (χ0n) is 18.1. The standard InChI is InChI=1S/C22H30N2O6S/c1-24-22(21(16-30-24)31(25,26)23-12-7-13-27-2)18-10-11-19(28-3)20(14-18)29-15-17-8-5-4-6-9-17/h4-6,8-11,14,21-23H,7,12-13,15-16H2,1-3H3. The molecule has 0 spiro atoms. The predicted octanol–water partition coefficient (Wildman–Crippen LogP) is 2.52. The van der Waals surface area contributed by atoms with Crippen LogP contribution in [0.25, 0.3) is 0 Å². The van der Waals surface area contributed by atoms with E-state index in [1.165, 1.54) is 0 Å². The van der Waals surface area contributed by atoms with E-state index in [0.29, 0.717) is 37.7 Å². The molecule has 0 amide bonds. The van der Waals surface area contributed by atoms with Crippen molar-refractivity contribution in [1.29, 1.82) is 0 Å². The van der Waals surface area contributed by atoms with Crippen LogP contribution in [0.5, 0.6) is 11.5 Å². The Morgan fingerprint density at radius 3 is 2.61 bits per heavy atom. The minimum absolute atomic E-state index is 0.0764. The maximum Gasteiger partial charge on any atom is 0.218 e. The Labute approximate surface area is 184 Å². The minimum atomic E-state index is -3.60. The van der Waals surface area contributed by atoms with Gasteiger partial charge in [0, 0.05) is 27.3 Å². The summed E-state index contributed by atoms with van der Waals surface area (Å²) in [4.78, 5) is 5.59. The van der Waals surface area contributed by atoms with Crippen molar-refractivity contribution in [2.75, 3.05) is 41.0 Å². The van der Waals surface area contributed by atoms with Gasteiger partial charge in [-0.15, -0.1) is 0 Å². The third-order valence-corrected chi connectivity index (χ3v) is 6.98. The quantitative estimate of drug-likeness (QED) is 0.527. The number of hydrogen-bond donors (Lipinski definition) is 1. The van der Waals surface area contributed by atoms with Crippen LogP contribution in [0.3, 0.4) is 0 Å². The molecule has 1 N–H and O–H groups in total. The molecule has 1 heterocycles. The Morgan fingerprint density at radius 2 is 1.90 bits per heavy atom. The van der Waals surface area contributed by atoms with Crippen LogP contribution >= 0.6 is 0 Å². The van der Waals surface area contributed by atoms with E-state index in [4.69, 9.17) is 19.0 Å². The van der Waals surface area contributed by atoms with Crippen LogP contribution in [0.4, 0.5) is 0 Å². The van der Waals surface area contributed by atoms with Crippen molar-refractivity contribution in [3.63, 3.8) is 0 Å². The van der Waals surface area contributed by atoms with Crippen LogP contribution in [0.2, 0.25) is 0 Å². The summed E-state index contributed by atoms with van der Waals surface area (Å²) in [5, 5.41) is 0.831. The Kier molecular flexibility index (Phi) is 8.28. The number of ether oxygens (including phenoxy) is 3. The van der Waals surface area contributed by atoms with E-state index in [1.54, 1.807) is 32.4 Å². The first-order chi connectivity index (χ1) is 15.0. The van der Waals surface area contributed by atoms with Crippen molar-refractivity contribution in [2.45, 2.75) is 24.3 Å². The fraction of sp³-hybridized carbons (Fsp3) is 0.455. The molecule has 2 unspecified atom stereocenters. The monoisotopic (exact) mass is 450 g/mol. The highest BCUT2D eigenvalue weighted by Gasteiger charge is 2.43. The molecular formula is C22H30N2O6S. The van der Waals surface area contributed by atoms with Crippen molar-refractivity contribution in [2.24, 2.45) is 0 Å². The highest BCUT2D eigenvalue weighted by Crippen LogP contribution is 2.38. The van der Waals surface area contributed by atoms with Gasteiger partial charge in [-0.2, -0.15) is 5.06 Å². The molecule has 1 fully saturated rings. The van der Waals surface area contributed by atoms with Crippen molar-refractivity contribution in [1.82, 2.24) is 9.79 Å². The second-order valence-electron chi connectivity index (χ2n) is 7.30. The van der Waals surface area contributed by atoms with E-state index in [-0.39, 0.29) is 6.61 Å². The molecule has 1 aliphatic rings. The molecule has 0 saturated carbocycles. The van der Waals surface area contributed by atoms with Gasteiger partial charge in [0.1, 0.15) is 11.9 Å². The summed E-state index contributed by atoms with van der Waals surface area (Å²) in [6.07, 6.45) is 0.601. The fourth-order valence-corrected chi connectivity index (χ4v) is 5.09. The molecule has 0 aliphatic carbocycles. The Balaban J connectivity index is 1.80. The van der Waals surface area contributed by atoms with Crippen LogP contribution < -0.4 is 14.2 Å². The molecular weight excluding hydrogens is 420 g/mol. The molecule has 0 aromatic heterocycles. The average molecular weight is 451 g/mol. The van der Waals surface area contributed by atoms with Gasteiger partial charge in [-0.05, 0) is 29.7 Å². The zero-order valence-corrected chi connectivity index (χ0v) is 18.9. The van der Waals surface area contributed by atoms with Crippen molar-refractivity contribution < 1.29 is 27.5 Å². The molecule has 0 bridgehead atoms. The lowest BCUT2D eigenvalue weighted by Crippen LogP contribution is -2.39. The van der Waals surface area contributed by atoms with Gasteiger partial charge in [-0.1, -0.05) is 36.4 Å². The summed E-state index contributed by atoms with van der Waals surface area (Å²) in [5.74, 6) is 1.13. The Morgan fingerprint density at radius 1 is 1.13 bits per heavy atom.